The molecule has 1 rings (SSSR count). The van der Waals surface area contributed by atoms with Crippen LogP contribution in [0.2, 0.25) is 0 Å². The van der Waals surface area contributed by atoms with Crippen LogP contribution in [-0.2, 0) is 30.4 Å². The number of hydrogen-bond donors (Lipinski definition) is 9. The van der Waals surface area contributed by atoms with Gasteiger partial charge in [-0.05, 0) is 12.8 Å². The lowest BCUT2D eigenvalue weighted by Crippen LogP contribution is -2.54. The molecule has 34 heavy (non-hydrogen) atoms. The highest BCUT2D eigenvalue weighted by molar-refractivity contribution is 5.94. The maximum Gasteiger partial charge on any atom is 0.326 e. The van der Waals surface area contributed by atoms with Crippen molar-refractivity contribution >= 4 is 35.6 Å². The molecule has 1 heterocycles. The van der Waals surface area contributed by atoms with Gasteiger partial charge in [-0.2, -0.15) is 0 Å². The Kier molecular flexibility index (Phi) is 11.5. The number of nitrogens with two attached hydrogens (primary N) is 3. The third-order valence-corrected chi connectivity index (χ3v) is 4.35. The Morgan fingerprint density at radius 2 is 1.79 bits per heavy atom. The van der Waals surface area contributed by atoms with Crippen molar-refractivity contribution in [3.63, 3.8) is 0 Å². The summed E-state index contributed by atoms with van der Waals surface area (Å²) in [5.74, 6) is -5.42. The first kappa shape index (κ1) is 27.8. The van der Waals surface area contributed by atoms with Gasteiger partial charge in [0.15, 0.2) is 5.96 Å². The van der Waals surface area contributed by atoms with Gasteiger partial charge < -0.3 is 48.3 Å². The first-order valence-corrected chi connectivity index (χ1v) is 10.1. The number of nitrogens with one attached hydrogen (secondary N) is 4. The molecule has 0 aromatic carbocycles. The molecule has 3 amide bonds. The van der Waals surface area contributed by atoms with Crippen LogP contribution in [0.3, 0.4) is 0 Å². The van der Waals surface area contributed by atoms with Gasteiger partial charge in [0, 0.05) is 24.9 Å². The number of amides is 3. The lowest BCUT2D eigenvalue weighted by atomic mass is 10.1. The molecule has 1 aromatic heterocycles. The number of imidazole rings is 1. The fourth-order valence-corrected chi connectivity index (χ4v) is 2.67. The van der Waals surface area contributed by atoms with Crippen LogP contribution in [0.15, 0.2) is 17.5 Å². The number of aliphatic imine (C=N–C) groups is 1. The zero-order valence-corrected chi connectivity index (χ0v) is 18.2. The average molecular weight is 483 g/mol. The van der Waals surface area contributed by atoms with Crippen LogP contribution in [0.5, 0.6) is 0 Å². The van der Waals surface area contributed by atoms with Gasteiger partial charge in [0.2, 0.25) is 17.7 Å². The van der Waals surface area contributed by atoms with Crippen molar-refractivity contribution in [1.82, 2.24) is 25.9 Å². The Hall–Kier alpha value is -4.21. The molecule has 16 heteroatoms. The number of H-pyrrole nitrogens is 1. The van der Waals surface area contributed by atoms with Gasteiger partial charge in [0.05, 0.1) is 25.3 Å². The third kappa shape index (κ3) is 10.9. The zero-order chi connectivity index (χ0) is 25.7. The summed E-state index contributed by atoms with van der Waals surface area (Å²) < 4.78 is 0. The van der Waals surface area contributed by atoms with Crippen molar-refractivity contribution in [2.75, 3.05) is 13.1 Å². The maximum atomic E-state index is 12.5. The summed E-state index contributed by atoms with van der Waals surface area (Å²) in [6, 6.07) is -3.93. The zero-order valence-electron chi connectivity index (χ0n) is 18.2. The van der Waals surface area contributed by atoms with Crippen LogP contribution in [0.4, 0.5) is 0 Å². The Bertz CT molecular complexity index is 884. The average Bonchev–Trinajstić information content (AvgIpc) is 3.26. The van der Waals surface area contributed by atoms with Crippen molar-refractivity contribution in [3.8, 4) is 0 Å². The molecule has 0 fully saturated rings. The molecule has 0 saturated carbocycles. The monoisotopic (exact) mass is 483 g/mol. The smallest absolute Gasteiger partial charge is 0.326 e. The number of carbonyl (C=O) groups is 5. The Morgan fingerprint density at radius 1 is 1.09 bits per heavy atom. The minimum absolute atomic E-state index is 0.0920. The Balaban J connectivity index is 2.62. The van der Waals surface area contributed by atoms with Crippen molar-refractivity contribution in [3.05, 3.63) is 18.2 Å². The van der Waals surface area contributed by atoms with Gasteiger partial charge in [-0.1, -0.05) is 0 Å². The molecule has 0 aliphatic rings. The van der Waals surface area contributed by atoms with Crippen molar-refractivity contribution in [1.29, 1.82) is 0 Å². The first-order valence-electron chi connectivity index (χ1n) is 10.1. The molecule has 0 spiro atoms. The number of carbonyl (C=O) groups excluding carboxylic acids is 3. The lowest BCUT2D eigenvalue weighted by molar-refractivity contribution is -0.143. The predicted octanol–water partition coefficient (Wildman–Crippen LogP) is -4.02. The number of aliphatic carboxylic acids is 2. The summed E-state index contributed by atoms with van der Waals surface area (Å²) >= 11 is 0. The largest absolute Gasteiger partial charge is 0.481 e. The Morgan fingerprint density at radius 3 is 2.35 bits per heavy atom. The van der Waals surface area contributed by atoms with E-state index in [4.69, 9.17) is 22.3 Å². The molecule has 12 N–H and O–H groups in total. The van der Waals surface area contributed by atoms with E-state index in [9.17, 15) is 29.1 Å². The summed E-state index contributed by atoms with van der Waals surface area (Å²) in [7, 11) is 0. The summed E-state index contributed by atoms with van der Waals surface area (Å²) in [5.41, 5.74) is 16.5. The molecule has 0 aliphatic carbocycles. The normalized spacial score (nSPS) is 13.1. The Labute approximate surface area is 193 Å². The number of carboxylic acids is 2. The van der Waals surface area contributed by atoms with Gasteiger partial charge in [-0.25, -0.2) is 9.78 Å². The second-order valence-corrected chi connectivity index (χ2v) is 7.17. The van der Waals surface area contributed by atoms with Crippen LogP contribution >= 0.6 is 0 Å². The van der Waals surface area contributed by atoms with Crippen molar-refractivity contribution in [2.24, 2.45) is 22.2 Å². The molecule has 0 radical (unpaired) electrons. The minimum atomic E-state index is -1.58. The molecule has 0 bridgehead atoms. The molecule has 0 aliphatic heterocycles. The van der Waals surface area contributed by atoms with Gasteiger partial charge in [0.1, 0.15) is 12.1 Å². The van der Waals surface area contributed by atoms with E-state index in [1.807, 2.05) is 0 Å². The fourth-order valence-electron chi connectivity index (χ4n) is 2.67. The SMILES string of the molecule is NC(N)=NCCCC(N)C(=O)NCC(=O)NC(CC(=O)O)C(=O)NC(Cc1cnc[nH]1)C(=O)O. The van der Waals surface area contributed by atoms with E-state index in [2.05, 4.69) is 30.9 Å². The van der Waals surface area contributed by atoms with E-state index in [1.54, 1.807) is 0 Å². The highest BCUT2D eigenvalue weighted by Crippen LogP contribution is 2.02. The summed E-state index contributed by atoms with van der Waals surface area (Å²) in [6.45, 7) is -0.312. The van der Waals surface area contributed by atoms with Gasteiger partial charge in [-0.15, -0.1) is 0 Å². The standard InChI is InChI=1S/C18H29N9O7/c19-10(2-1-3-23-18(20)21)15(31)24-7-13(28)26-11(5-14(29)30)16(32)27-12(17(33)34)4-9-6-22-8-25-9/h6,8,10-12H,1-5,7,19H2,(H,22,25)(H,24,31)(H,26,28)(H,27,32)(H,29,30)(H,33,34)(H4,20,21,23). The lowest BCUT2D eigenvalue weighted by Gasteiger charge is -2.20. The first-order chi connectivity index (χ1) is 16.0. The number of aromatic nitrogens is 2. The number of rotatable bonds is 15. The number of aromatic amines is 1. The van der Waals surface area contributed by atoms with Crippen molar-refractivity contribution < 1.29 is 34.2 Å². The van der Waals surface area contributed by atoms with Crippen molar-refractivity contribution in [2.45, 2.75) is 43.8 Å². The predicted molar refractivity (Wildman–Crippen MR) is 117 cm³/mol. The number of carboxylic acid groups (broad SMARTS) is 2. The van der Waals surface area contributed by atoms with E-state index in [-0.39, 0.29) is 25.3 Å². The summed E-state index contributed by atoms with van der Waals surface area (Å²) in [5, 5.41) is 25.0. The quantitative estimate of drug-likeness (QED) is 0.0657. The van der Waals surface area contributed by atoms with Gasteiger partial charge in [0.25, 0.3) is 0 Å². The van der Waals surface area contributed by atoms with Gasteiger partial charge >= 0.3 is 11.9 Å². The number of nitrogens with zero attached hydrogens (tertiary/aromatic N) is 2. The molecule has 16 nitrogen and oxygen atoms in total. The minimum Gasteiger partial charge on any atom is -0.481 e. The van der Waals surface area contributed by atoms with E-state index in [0.717, 1.165) is 0 Å². The molecular weight excluding hydrogens is 454 g/mol. The molecule has 0 saturated heterocycles. The van der Waals surface area contributed by atoms with Crippen LogP contribution in [-0.4, -0.2) is 87.0 Å². The van der Waals surface area contributed by atoms with E-state index < -0.39 is 60.8 Å². The van der Waals surface area contributed by atoms with E-state index in [1.165, 1.54) is 12.5 Å². The van der Waals surface area contributed by atoms with Crippen LogP contribution < -0.4 is 33.2 Å². The fraction of sp³-hybridized carbons (Fsp3) is 0.500. The molecule has 3 unspecified atom stereocenters. The maximum absolute atomic E-state index is 12.5. The van der Waals surface area contributed by atoms with Gasteiger partial charge in [-0.3, -0.25) is 24.2 Å². The van der Waals surface area contributed by atoms with E-state index in [0.29, 0.717) is 12.1 Å². The topological polar surface area (TPSA) is 281 Å². The molecule has 3 atom stereocenters. The van der Waals surface area contributed by atoms with Crippen LogP contribution in [0.1, 0.15) is 25.0 Å². The second kappa shape index (κ2) is 14.0. The number of hydrogen-bond acceptors (Lipinski definition) is 8. The van der Waals surface area contributed by atoms with Crippen LogP contribution in [0, 0.1) is 0 Å². The third-order valence-electron chi connectivity index (χ3n) is 4.35. The summed E-state index contributed by atoms with van der Waals surface area (Å²) in [6.07, 6.45) is 2.39. The summed E-state index contributed by atoms with van der Waals surface area (Å²) in [4.78, 5) is 69.4. The number of guanidine groups is 1. The second-order valence-electron chi connectivity index (χ2n) is 7.17. The highest BCUT2D eigenvalue weighted by Gasteiger charge is 2.29. The highest BCUT2D eigenvalue weighted by atomic mass is 16.4. The van der Waals surface area contributed by atoms with E-state index >= 15 is 0 Å². The molecular formula is C18H29N9O7. The molecule has 1 aromatic rings. The molecule has 188 valence electrons. The van der Waals surface area contributed by atoms with Crippen LogP contribution in [0.25, 0.3) is 0 Å².